The quantitative estimate of drug-likeness (QED) is 0.796. The Morgan fingerprint density at radius 3 is 2.73 bits per heavy atom. The smallest absolute Gasteiger partial charge is 0.265 e. The van der Waals surface area contributed by atoms with Crippen molar-refractivity contribution in [3.8, 4) is 5.75 Å². The molecule has 0 aliphatic heterocycles. The molecule has 3 N–H and O–H groups in total. The van der Waals surface area contributed by atoms with E-state index >= 15 is 0 Å². The molecule has 0 saturated heterocycles. The van der Waals surface area contributed by atoms with E-state index in [2.05, 4.69) is 10.3 Å². The molecule has 114 valence electrons. The van der Waals surface area contributed by atoms with Crippen LogP contribution in [0, 0.1) is 6.92 Å². The minimum Gasteiger partial charge on any atom is -0.507 e. The summed E-state index contributed by atoms with van der Waals surface area (Å²) >= 11 is 0. The fourth-order valence-corrected chi connectivity index (χ4v) is 2.87. The van der Waals surface area contributed by atoms with Gasteiger partial charge in [0.05, 0.1) is 0 Å². The molecule has 0 unspecified atom stereocenters. The van der Waals surface area contributed by atoms with E-state index < -0.39 is 11.5 Å². The number of H-pyrrole nitrogens is 1. The van der Waals surface area contributed by atoms with Crippen LogP contribution in [-0.2, 0) is 12.8 Å². The number of amides is 1. The molecule has 3 rings (SSSR count). The zero-order valence-electron chi connectivity index (χ0n) is 12.4. The number of para-hydroxylation sites is 1. The lowest BCUT2D eigenvalue weighted by Gasteiger charge is -2.18. The molecule has 1 heterocycles. The number of aromatic hydroxyl groups is 1. The Hall–Kier alpha value is -2.56. The number of anilines is 1. The Labute approximate surface area is 128 Å². The summed E-state index contributed by atoms with van der Waals surface area (Å²) in [7, 11) is 0. The molecule has 1 aromatic heterocycles. The number of aromatic nitrogens is 1. The van der Waals surface area contributed by atoms with Crippen LogP contribution in [0.4, 0.5) is 5.69 Å². The molecule has 2 aromatic rings. The fraction of sp³-hybridized carbons (Fsp3) is 0.294. The summed E-state index contributed by atoms with van der Waals surface area (Å²) in [6, 6.07) is 7.30. The second-order valence-corrected chi connectivity index (χ2v) is 5.61. The third kappa shape index (κ3) is 2.50. The van der Waals surface area contributed by atoms with Crippen LogP contribution in [0.1, 0.15) is 40.0 Å². The molecule has 1 aromatic carbocycles. The van der Waals surface area contributed by atoms with Gasteiger partial charge in [0.15, 0.2) is 0 Å². The number of hydrogen-bond acceptors (Lipinski definition) is 3. The van der Waals surface area contributed by atoms with Gasteiger partial charge in [-0.25, -0.2) is 0 Å². The zero-order chi connectivity index (χ0) is 15.7. The van der Waals surface area contributed by atoms with Gasteiger partial charge in [-0.05, 0) is 44.2 Å². The van der Waals surface area contributed by atoms with Crippen LogP contribution in [0.2, 0.25) is 0 Å². The van der Waals surface area contributed by atoms with E-state index in [0.717, 1.165) is 30.5 Å². The predicted molar refractivity (Wildman–Crippen MR) is 84.5 cm³/mol. The van der Waals surface area contributed by atoms with E-state index in [1.165, 1.54) is 0 Å². The Balaban J connectivity index is 2.00. The minimum absolute atomic E-state index is 0.176. The van der Waals surface area contributed by atoms with Gasteiger partial charge >= 0.3 is 0 Å². The summed E-state index contributed by atoms with van der Waals surface area (Å²) in [6.45, 7) is 1.87. The molecule has 0 radical (unpaired) electrons. The number of hydrogen-bond donors (Lipinski definition) is 3. The number of nitrogens with one attached hydrogen (secondary N) is 2. The summed E-state index contributed by atoms with van der Waals surface area (Å²) in [5.41, 5.74) is 2.23. The Bertz CT molecular complexity index is 793. The number of aromatic amines is 1. The highest BCUT2D eigenvalue weighted by Gasteiger charge is 2.24. The molecule has 0 atom stereocenters. The monoisotopic (exact) mass is 298 g/mol. The predicted octanol–water partition coefficient (Wildman–Crippen LogP) is 2.52. The molecule has 5 nitrogen and oxygen atoms in total. The largest absolute Gasteiger partial charge is 0.507 e. The third-order valence-corrected chi connectivity index (χ3v) is 4.10. The third-order valence-electron chi connectivity index (χ3n) is 4.10. The first-order chi connectivity index (χ1) is 10.6. The molecular formula is C17H18N2O3. The lowest BCUT2D eigenvalue weighted by molar-refractivity contribution is 0.102. The van der Waals surface area contributed by atoms with E-state index in [1.54, 1.807) is 12.1 Å². The minimum atomic E-state index is -0.582. The highest BCUT2D eigenvalue weighted by atomic mass is 16.3. The fourth-order valence-electron chi connectivity index (χ4n) is 2.87. The van der Waals surface area contributed by atoms with Crippen molar-refractivity contribution in [3.05, 3.63) is 57.0 Å². The molecule has 0 bridgehead atoms. The summed E-state index contributed by atoms with van der Waals surface area (Å²) in [5.74, 6) is -0.758. The zero-order valence-corrected chi connectivity index (χ0v) is 12.4. The van der Waals surface area contributed by atoms with Gasteiger partial charge in [0.2, 0.25) is 0 Å². The van der Waals surface area contributed by atoms with Gasteiger partial charge in [-0.15, -0.1) is 0 Å². The molecule has 0 fully saturated rings. The van der Waals surface area contributed by atoms with Crippen LogP contribution in [0.3, 0.4) is 0 Å². The molecule has 1 aliphatic carbocycles. The number of aryl methyl sites for hydroxylation is 2. The number of pyridine rings is 1. The van der Waals surface area contributed by atoms with E-state index in [4.69, 9.17) is 0 Å². The van der Waals surface area contributed by atoms with Gasteiger partial charge in [-0.3, -0.25) is 9.59 Å². The summed E-state index contributed by atoms with van der Waals surface area (Å²) in [6.07, 6.45) is 3.35. The van der Waals surface area contributed by atoms with Crippen LogP contribution in [0.15, 0.2) is 29.1 Å². The van der Waals surface area contributed by atoms with Crippen LogP contribution in [-0.4, -0.2) is 16.0 Å². The second kappa shape index (κ2) is 5.67. The number of carbonyl (C=O) groups excluding carboxylic acids is 1. The number of benzene rings is 1. The van der Waals surface area contributed by atoms with Crippen molar-refractivity contribution < 1.29 is 9.90 Å². The van der Waals surface area contributed by atoms with Crippen molar-refractivity contribution in [1.29, 1.82) is 0 Å². The van der Waals surface area contributed by atoms with E-state index in [-0.39, 0.29) is 11.3 Å². The first-order valence-corrected chi connectivity index (χ1v) is 7.42. The van der Waals surface area contributed by atoms with Crippen LogP contribution in [0.25, 0.3) is 0 Å². The molecule has 0 spiro atoms. The summed E-state index contributed by atoms with van der Waals surface area (Å²) in [4.78, 5) is 27.3. The maximum Gasteiger partial charge on any atom is 0.265 e. The SMILES string of the molecule is Cc1ccccc1NC(=O)c1c(O)c2c([nH]c1=O)CCCC2. The van der Waals surface area contributed by atoms with Gasteiger partial charge in [0, 0.05) is 16.9 Å². The lowest BCUT2D eigenvalue weighted by Crippen LogP contribution is -2.26. The average molecular weight is 298 g/mol. The van der Waals surface area contributed by atoms with Crippen molar-refractivity contribution >= 4 is 11.6 Å². The highest BCUT2D eigenvalue weighted by molar-refractivity contribution is 6.06. The van der Waals surface area contributed by atoms with Gasteiger partial charge in [-0.2, -0.15) is 0 Å². The van der Waals surface area contributed by atoms with Gasteiger partial charge < -0.3 is 15.4 Å². The van der Waals surface area contributed by atoms with E-state index in [1.807, 2.05) is 19.1 Å². The standard InChI is InChI=1S/C17H18N2O3/c1-10-6-2-4-8-12(10)18-16(21)14-15(20)11-7-3-5-9-13(11)19-17(14)22/h2,4,6,8H,3,5,7,9H2,1H3,(H,18,21)(H2,19,20,22). The van der Waals surface area contributed by atoms with Crippen molar-refractivity contribution in [2.45, 2.75) is 32.6 Å². The molecule has 0 saturated carbocycles. The second-order valence-electron chi connectivity index (χ2n) is 5.61. The summed E-state index contributed by atoms with van der Waals surface area (Å²) < 4.78 is 0. The van der Waals surface area contributed by atoms with Crippen LogP contribution >= 0.6 is 0 Å². The number of rotatable bonds is 2. The van der Waals surface area contributed by atoms with Gasteiger partial charge in [0.1, 0.15) is 11.3 Å². The Morgan fingerprint density at radius 1 is 1.23 bits per heavy atom. The van der Waals surface area contributed by atoms with Crippen molar-refractivity contribution in [2.75, 3.05) is 5.32 Å². The van der Waals surface area contributed by atoms with Crippen molar-refractivity contribution in [2.24, 2.45) is 0 Å². The molecule has 1 amide bonds. The van der Waals surface area contributed by atoms with Gasteiger partial charge in [0.25, 0.3) is 11.5 Å². The number of fused-ring (bicyclic) bond motifs is 1. The summed E-state index contributed by atoms with van der Waals surface area (Å²) in [5, 5.41) is 13.0. The first kappa shape index (κ1) is 14.4. The molecular weight excluding hydrogens is 280 g/mol. The van der Waals surface area contributed by atoms with Crippen LogP contribution in [0.5, 0.6) is 5.75 Å². The first-order valence-electron chi connectivity index (χ1n) is 7.42. The van der Waals surface area contributed by atoms with Crippen LogP contribution < -0.4 is 10.9 Å². The van der Waals surface area contributed by atoms with Gasteiger partial charge in [-0.1, -0.05) is 18.2 Å². The van der Waals surface area contributed by atoms with E-state index in [9.17, 15) is 14.7 Å². The molecule has 1 aliphatic rings. The maximum atomic E-state index is 12.4. The normalized spacial score (nSPS) is 13.5. The average Bonchev–Trinajstić information content (AvgIpc) is 2.49. The lowest BCUT2D eigenvalue weighted by atomic mass is 9.93. The Kier molecular flexibility index (Phi) is 3.71. The topological polar surface area (TPSA) is 82.2 Å². The van der Waals surface area contributed by atoms with Crippen molar-refractivity contribution in [3.63, 3.8) is 0 Å². The highest BCUT2D eigenvalue weighted by Crippen LogP contribution is 2.29. The number of carbonyl (C=O) groups is 1. The van der Waals surface area contributed by atoms with E-state index in [0.29, 0.717) is 17.7 Å². The molecule has 5 heteroatoms. The van der Waals surface area contributed by atoms with Crippen molar-refractivity contribution in [1.82, 2.24) is 4.98 Å². The molecule has 22 heavy (non-hydrogen) atoms. The Morgan fingerprint density at radius 2 is 1.95 bits per heavy atom. The maximum absolute atomic E-state index is 12.4.